The summed E-state index contributed by atoms with van der Waals surface area (Å²) in [5.41, 5.74) is 0.701. The van der Waals surface area contributed by atoms with Gasteiger partial charge in [-0.15, -0.1) is 0 Å². The lowest BCUT2D eigenvalue weighted by atomic mass is 9.69. The monoisotopic (exact) mass is 353 g/mol. The highest BCUT2D eigenvalue weighted by Crippen LogP contribution is 2.70. The Morgan fingerprint density at radius 3 is 2.83 bits per heavy atom. The van der Waals surface area contributed by atoms with E-state index in [0.29, 0.717) is 5.92 Å². The zero-order valence-corrected chi connectivity index (χ0v) is 15.3. The van der Waals surface area contributed by atoms with E-state index in [4.69, 9.17) is 0 Å². The van der Waals surface area contributed by atoms with Crippen molar-refractivity contribution in [1.29, 1.82) is 0 Å². The summed E-state index contributed by atoms with van der Waals surface area (Å²) in [5.74, 6) is -0.0639. The van der Waals surface area contributed by atoms with Crippen LogP contribution in [0.4, 0.5) is 0 Å². The third kappa shape index (κ3) is 2.02. The van der Waals surface area contributed by atoms with Crippen LogP contribution in [0.1, 0.15) is 58.8 Å². The van der Waals surface area contributed by atoms with Gasteiger partial charge in [-0.2, -0.15) is 0 Å². The third-order valence-corrected chi connectivity index (χ3v) is 9.42. The first-order chi connectivity index (χ1) is 11.2. The molecule has 6 heteroatoms. The Kier molecular flexibility index (Phi) is 3.50. The summed E-state index contributed by atoms with van der Waals surface area (Å²) in [7, 11) is -3.63. The molecule has 1 aliphatic heterocycles. The molecule has 3 aliphatic carbocycles. The molecule has 2 saturated carbocycles. The van der Waals surface area contributed by atoms with Crippen LogP contribution in [0.25, 0.3) is 0 Å². The first kappa shape index (κ1) is 16.6. The van der Waals surface area contributed by atoms with Gasteiger partial charge in [-0.25, -0.2) is 12.7 Å². The van der Waals surface area contributed by atoms with Crippen molar-refractivity contribution in [3.63, 3.8) is 0 Å². The van der Waals surface area contributed by atoms with Crippen molar-refractivity contribution >= 4 is 15.9 Å². The van der Waals surface area contributed by atoms with Crippen molar-refractivity contribution < 1.29 is 18.3 Å². The van der Waals surface area contributed by atoms with E-state index in [1.54, 1.807) is 0 Å². The van der Waals surface area contributed by atoms with Crippen LogP contribution >= 0.6 is 0 Å². The van der Waals surface area contributed by atoms with Crippen LogP contribution in [0, 0.1) is 16.7 Å². The van der Waals surface area contributed by atoms with E-state index in [2.05, 4.69) is 19.9 Å². The molecule has 1 heterocycles. The Hall–Kier alpha value is -0.880. The van der Waals surface area contributed by atoms with E-state index in [1.807, 2.05) is 0 Å². The molecular weight excluding hydrogens is 326 g/mol. The molecule has 0 aromatic carbocycles. The van der Waals surface area contributed by atoms with Gasteiger partial charge < -0.3 is 5.11 Å². The molecule has 5 nitrogen and oxygen atoms in total. The van der Waals surface area contributed by atoms with Crippen molar-refractivity contribution in [1.82, 2.24) is 4.31 Å². The van der Waals surface area contributed by atoms with E-state index < -0.39 is 22.0 Å². The van der Waals surface area contributed by atoms with Crippen molar-refractivity contribution in [3.8, 4) is 0 Å². The van der Waals surface area contributed by atoms with Crippen LogP contribution in [-0.4, -0.2) is 41.6 Å². The third-order valence-electron chi connectivity index (χ3n) is 7.50. The summed E-state index contributed by atoms with van der Waals surface area (Å²) in [5, 5.41) is 10.4. The number of allylic oxidation sites excluding steroid dienone is 1. The quantitative estimate of drug-likeness (QED) is 0.790. The Morgan fingerprint density at radius 2 is 2.21 bits per heavy atom. The Bertz CT molecular complexity index is 711. The van der Waals surface area contributed by atoms with Gasteiger partial charge in [0, 0.05) is 11.8 Å². The van der Waals surface area contributed by atoms with Gasteiger partial charge in [0.05, 0.1) is 11.8 Å². The summed E-state index contributed by atoms with van der Waals surface area (Å²) < 4.78 is 26.7. The molecular formula is C18H27NO4S. The number of amides is 1. The molecule has 1 spiro atoms. The lowest BCUT2D eigenvalue weighted by molar-refractivity contribution is -0.137. The van der Waals surface area contributed by atoms with Crippen LogP contribution in [0.15, 0.2) is 11.6 Å². The molecule has 4 aliphatic rings. The van der Waals surface area contributed by atoms with Gasteiger partial charge in [0.15, 0.2) is 0 Å². The van der Waals surface area contributed by atoms with E-state index >= 15 is 0 Å². The molecule has 134 valence electrons. The van der Waals surface area contributed by atoms with Gasteiger partial charge in [-0.05, 0) is 49.9 Å². The van der Waals surface area contributed by atoms with Gasteiger partial charge in [-0.1, -0.05) is 25.5 Å². The summed E-state index contributed by atoms with van der Waals surface area (Å²) in [4.78, 5) is 12.8. The SMILES string of the molecule is CC1(C)[C@@H]2CC[C@]13CS(=O)(=O)N(C(=O)[C@@H](O)CC1=CCCC1)[C@@H]3C2. The summed E-state index contributed by atoms with van der Waals surface area (Å²) in [6, 6.07) is -0.254. The number of rotatable bonds is 3. The zero-order chi connectivity index (χ0) is 17.3. The minimum Gasteiger partial charge on any atom is -0.383 e. The summed E-state index contributed by atoms with van der Waals surface area (Å²) in [6.07, 6.45) is 6.73. The number of aliphatic hydroxyl groups excluding tert-OH is 1. The summed E-state index contributed by atoms with van der Waals surface area (Å²) >= 11 is 0. The fraction of sp³-hybridized carbons (Fsp3) is 0.833. The number of fused-ring (bicyclic) bond motifs is 1. The number of sulfonamides is 1. The van der Waals surface area contributed by atoms with Crippen LogP contribution in [0.5, 0.6) is 0 Å². The number of hydrogen-bond acceptors (Lipinski definition) is 4. The lowest BCUT2D eigenvalue weighted by Gasteiger charge is -2.37. The predicted octanol–water partition coefficient (Wildman–Crippen LogP) is 2.21. The van der Waals surface area contributed by atoms with E-state index in [1.165, 1.54) is 0 Å². The Morgan fingerprint density at radius 1 is 1.46 bits per heavy atom. The Labute approximate surface area is 144 Å². The fourth-order valence-electron chi connectivity index (χ4n) is 5.98. The van der Waals surface area contributed by atoms with Crippen LogP contribution < -0.4 is 0 Å². The molecule has 0 aromatic heterocycles. The fourth-order valence-corrected chi connectivity index (χ4v) is 8.55. The highest BCUT2D eigenvalue weighted by molar-refractivity contribution is 7.90. The van der Waals surface area contributed by atoms with E-state index in [9.17, 15) is 18.3 Å². The molecule has 1 saturated heterocycles. The van der Waals surface area contributed by atoms with Crippen molar-refractivity contribution in [2.75, 3.05) is 5.75 Å². The van der Waals surface area contributed by atoms with E-state index in [-0.39, 0.29) is 29.0 Å². The second kappa shape index (κ2) is 5.07. The normalized spacial score (nSPS) is 39.8. The average Bonchev–Trinajstić information content (AvgIpc) is 3.17. The molecule has 4 atom stereocenters. The van der Waals surface area contributed by atoms with Gasteiger partial charge >= 0.3 is 0 Å². The molecule has 0 radical (unpaired) electrons. The highest BCUT2D eigenvalue weighted by atomic mass is 32.2. The standard InChI is InChI=1S/C18H27NO4S/c1-17(2)13-7-8-18(17)11-24(22,23)19(15(18)10-13)16(21)14(20)9-12-5-3-4-6-12/h5,13-15,20H,3-4,6-11H2,1-2H3/t13-,14+,15-,18-/m1/s1. The number of hydrogen-bond donors (Lipinski definition) is 1. The molecule has 3 fully saturated rings. The van der Waals surface area contributed by atoms with Crippen molar-refractivity contribution in [2.24, 2.45) is 16.7 Å². The van der Waals surface area contributed by atoms with Crippen molar-refractivity contribution in [2.45, 2.75) is 70.9 Å². The topological polar surface area (TPSA) is 74.7 Å². The maximum Gasteiger partial charge on any atom is 0.265 e. The van der Waals surface area contributed by atoms with Gasteiger partial charge in [0.25, 0.3) is 5.91 Å². The minimum atomic E-state index is -3.63. The lowest BCUT2D eigenvalue weighted by Crippen LogP contribution is -2.47. The number of carbonyl (C=O) groups is 1. The van der Waals surface area contributed by atoms with Gasteiger partial charge in [-0.3, -0.25) is 4.79 Å². The van der Waals surface area contributed by atoms with E-state index in [0.717, 1.165) is 48.4 Å². The maximum atomic E-state index is 12.8. The first-order valence-electron chi connectivity index (χ1n) is 9.11. The highest BCUT2D eigenvalue weighted by Gasteiger charge is 2.72. The van der Waals surface area contributed by atoms with Crippen LogP contribution in [-0.2, 0) is 14.8 Å². The zero-order valence-electron chi connectivity index (χ0n) is 14.5. The molecule has 0 unspecified atom stereocenters. The average molecular weight is 353 g/mol. The van der Waals surface area contributed by atoms with Crippen LogP contribution in [0.3, 0.4) is 0 Å². The largest absolute Gasteiger partial charge is 0.383 e. The Balaban J connectivity index is 1.62. The molecule has 2 bridgehead atoms. The minimum absolute atomic E-state index is 0.0568. The molecule has 0 aromatic rings. The second-order valence-electron chi connectivity index (χ2n) is 8.73. The maximum absolute atomic E-state index is 12.8. The number of nitrogens with zero attached hydrogens (tertiary/aromatic N) is 1. The smallest absolute Gasteiger partial charge is 0.265 e. The van der Waals surface area contributed by atoms with Crippen molar-refractivity contribution in [3.05, 3.63) is 11.6 Å². The second-order valence-corrected chi connectivity index (χ2v) is 10.6. The summed E-state index contributed by atoms with van der Waals surface area (Å²) in [6.45, 7) is 4.32. The molecule has 4 rings (SSSR count). The predicted molar refractivity (Wildman–Crippen MR) is 90.5 cm³/mol. The number of aliphatic hydroxyl groups is 1. The molecule has 1 amide bonds. The van der Waals surface area contributed by atoms with Gasteiger partial charge in [0.1, 0.15) is 6.10 Å². The van der Waals surface area contributed by atoms with Crippen LogP contribution in [0.2, 0.25) is 0 Å². The number of carbonyl (C=O) groups excluding carboxylic acids is 1. The molecule has 1 N–H and O–H groups in total. The molecule has 24 heavy (non-hydrogen) atoms. The first-order valence-corrected chi connectivity index (χ1v) is 10.7. The van der Waals surface area contributed by atoms with Gasteiger partial charge in [0.2, 0.25) is 10.0 Å².